The number of ether oxygens (including phenoxy) is 2. The van der Waals surface area contributed by atoms with Crippen LogP contribution in [0, 0.1) is 5.92 Å². The molecule has 0 aliphatic heterocycles. The van der Waals surface area contributed by atoms with Gasteiger partial charge in [0.2, 0.25) is 0 Å². The van der Waals surface area contributed by atoms with Gasteiger partial charge < -0.3 is 9.47 Å². The second-order valence-electron chi connectivity index (χ2n) is 6.79. The Bertz CT molecular complexity index is 608. The first-order valence-electron chi connectivity index (χ1n) is 8.33. The lowest BCUT2D eigenvalue weighted by molar-refractivity contribution is 0.0809. The normalized spacial score (nSPS) is 12.8. The summed E-state index contributed by atoms with van der Waals surface area (Å²) in [5, 5.41) is 3.82. The molecule has 0 radical (unpaired) electrons. The molecule has 0 spiro atoms. The molecule has 0 saturated carbocycles. The maximum absolute atomic E-state index is 12.2. The van der Waals surface area contributed by atoms with E-state index in [1.807, 2.05) is 20.8 Å². The molecule has 1 heterocycles. The van der Waals surface area contributed by atoms with Crippen molar-refractivity contribution in [3.63, 3.8) is 0 Å². The molecule has 24 heavy (non-hydrogen) atoms. The first kappa shape index (κ1) is 20.5. The molecule has 1 unspecified atom stereocenters. The summed E-state index contributed by atoms with van der Waals surface area (Å²) in [5.41, 5.74) is -1.03. The van der Waals surface area contributed by atoms with Crippen molar-refractivity contribution in [3.05, 3.63) is 21.6 Å². The second-order valence-corrected chi connectivity index (χ2v) is 7.17. The molecule has 6 nitrogen and oxygen atoms in total. The predicted molar refractivity (Wildman–Crippen MR) is 93.8 cm³/mol. The van der Waals surface area contributed by atoms with Gasteiger partial charge >= 0.3 is 6.16 Å². The minimum absolute atomic E-state index is 0.0891. The summed E-state index contributed by atoms with van der Waals surface area (Å²) < 4.78 is 11.4. The molecule has 1 rings (SSSR count). The van der Waals surface area contributed by atoms with Crippen LogP contribution in [-0.2, 0) is 10.3 Å². The van der Waals surface area contributed by atoms with Gasteiger partial charge in [0, 0.05) is 0 Å². The average Bonchev–Trinajstić information content (AvgIpc) is 2.51. The number of unbranched alkanes of at least 4 members (excludes halogenated alkanes) is 1. The van der Waals surface area contributed by atoms with E-state index in [1.165, 1.54) is 10.9 Å². The Morgan fingerprint density at radius 3 is 2.58 bits per heavy atom. The van der Waals surface area contributed by atoms with E-state index in [9.17, 15) is 9.59 Å². The fourth-order valence-electron chi connectivity index (χ4n) is 2.17. The molecule has 7 heteroatoms. The zero-order valence-electron chi connectivity index (χ0n) is 15.1. The molecule has 0 aromatic carbocycles. The van der Waals surface area contributed by atoms with Gasteiger partial charge in [-0.15, -0.1) is 0 Å². The molecule has 136 valence electrons. The summed E-state index contributed by atoms with van der Waals surface area (Å²) in [5.74, 6) is 0.216. The first-order chi connectivity index (χ1) is 11.2. The van der Waals surface area contributed by atoms with E-state index >= 15 is 0 Å². The minimum Gasteiger partial charge on any atom is -0.434 e. The van der Waals surface area contributed by atoms with Crippen molar-refractivity contribution in [3.8, 4) is 5.75 Å². The number of hydrogen-bond acceptors (Lipinski definition) is 5. The van der Waals surface area contributed by atoms with Gasteiger partial charge in [-0.3, -0.25) is 4.79 Å². The Hall–Kier alpha value is -1.56. The van der Waals surface area contributed by atoms with Gasteiger partial charge in [-0.1, -0.05) is 44.7 Å². The Labute approximate surface area is 148 Å². The van der Waals surface area contributed by atoms with Gasteiger partial charge in [0.1, 0.15) is 0 Å². The molecule has 0 saturated heterocycles. The highest BCUT2D eigenvalue weighted by Gasteiger charge is 2.21. The van der Waals surface area contributed by atoms with Crippen LogP contribution in [0.25, 0.3) is 0 Å². The van der Waals surface area contributed by atoms with E-state index in [0.29, 0.717) is 12.5 Å². The van der Waals surface area contributed by atoms with E-state index in [2.05, 4.69) is 18.9 Å². The molecule has 0 aliphatic carbocycles. The Balaban J connectivity index is 2.71. The fraction of sp³-hybridized carbons (Fsp3) is 0.706. The lowest BCUT2D eigenvalue weighted by Gasteiger charge is -2.21. The van der Waals surface area contributed by atoms with Crippen molar-refractivity contribution in [2.75, 3.05) is 6.61 Å². The summed E-state index contributed by atoms with van der Waals surface area (Å²) >= 11 is 6.00. The fourth-order valence-corrected chi connectivity index (χ4v) is 2.34. The zero-order chi connectivity index (χ0) is 18.3. The molecule has 0 aliphatic rings. The summed E-state index contributed by atoms with van der Waals surface area (Å²) in [6, 6.07) is 0. The van der Waals surface area contributed by atoms with Gasteiger partial charge in [-0.2, -0.15) is 5.10 Å². The Kier molecular flexibility index (Phi) is 7.73. The standard InChI is InChI=1S/C17H27ClN2O4/c1-6-8-9-12(7-2)11-23-16(22)24-13-10-19-20(17(3,4)5)15(21)14(13)18/h10,12H,6-9,11H2,1-5H3. The quantitative estimate of drug-likeness (QED) is 0.676. The van der Waals surface area contributed by atoms with Crippen molar-refractivity contribution in [1.29, 1.82) is 0 Å². The highest BCUT2D eigenvalue weighted by atomic mass is 35.5. The van der Waals surface area contributed by atoms with Crippen molar-refractivity contribution in [2.45, 2.75) is 65.8 Å². The topological polar surface area (TPSA) is 70.4 Å². The number of halogens is 1. The second kappa shape index (κ2) is 9.06. The highest BCUT2D eigenvalue weighted by Crippen LogP contribution is 2.21. The summed E-state index contributed by atoms with van der Waals surface area (Å²) in [7, 11) is 0. The van der Waals surface area contributed by atoms with Gasteiger partial charge in [-0.25, -0.2) is 9.48 Å². The molecule has 0 amide bonds. The smallest absolute Gasteiger partial charge is 0.434 e. The van der Waals surface area contributed by atoms with Crippen molar-refractivity contribution in [1.82, 2.24) is 9.78 Å². The molecule has 1 atom stereocenters. The van der Waals surface area contributed by atoms with E-state index in [1.54, 1.807) is 0 Å². The average molecular weight is 359 g/mol. The maximum Gasteiger partial charge on any atom is 0.513 e. The van der Waals surface area contributed by atoms with Gasteiger partial charge in [0.15, 0.2) is 10.8 Å². The number of nitrogens with zero attached hydrogens (tertiary/aromatic N) is 2. The summed E-state index contributed by atoms with van der Waals surface area (Å²) in [6.45, 7) is 9.95. The van der Waals surface area contributed by atoms with E-state index in [-0.39, 0.29) is 10.8 Å². The van der Waals surface area contributed by atoms with Gasteiger partial charge in [-0.05, 0) is 33.1 Å². The van der Waals surface area contributed by atoms with E-state index < -0.39 is 17.3 Å². The molecular weight excluding hydrogens is 332 g/mol. The van der Waals surface area contributed by atoms with Crippen molar-refractivity contribution < 1.29 is 14.3 Å². The third kappa shape index (κ3) is 5.82. The lowest BCUT2D eigenvalue weighted by atomic mass is 10.0. The number of aromatic nitrogens is 2. The monoisotopic (exact) mass is 358 g/mol. The first-order valence-corrected chi connectivity index (χ1v) is 8.71. The molecule has 0 fully saturated rings. The zero-order valence-corrected chi connectivity index (χ0v) is 15.9. The van der Waals surface area contributed by atoms with Crippen LogP contribution in [0.2, 0.25) is 5.02 Å². The number of carbonyl (C=O) groups is 1. The number of rotatable bonds is 7. The Morgan fingerprint density at radius 1 is 1.38 bits per heavy atom. The number of hydrogen-bond donors (Lipinski definition) is 0. The van der Waals surface area contributed by atoms with Gasteiger partial charge in [0.05, 0.1) is 18.3 Å². The lowest BCUT2D eigenvalue weighted by Crippen LogP contribution is -2.36. The van der Waals surface area contributed by atoms with Crippen LogP contribution in [0.3, 0.4) is 0 Å². The Morgan fingerprint density at radius 2 is 2.04 bits per heavy atom. The minimum atomic E-state index is -0.874. The van der Waals surface area contributed by atoms with Gasteiger partial charge in [0.25, 0.3) is 5.56 Å². The maximum atomic E-state index is 12.2. The predicted octanol–water partition coefficient (Wildman–Crippen LogP) is 4.38. The molecule has 1 aromatic heterocycles. The van der Waals surface area contributed by atoms with Crippen LogP contribution in [0.5, 0.6) is 5.75 Å². The van der Waals surface area contributed by atoms with Crippen molar-refractivity contribution >= 4 is 17.8 Å². The van der Waals surface area contributed by atoms with Crippen LogP contribution in [0.1, 0.15) is 60.3 Å². The molecule has 0 bridgehead atoms. The largest absolute Gasteiger partial charge is 0.513 e. The molecular formula is C17H27ClN2O4. The van der Waals surface area contributed by atoms with Crippen LogP contribution in [0.4, 0.5) is 4.79 Å². The van der Waals surface area contributed by atoms with Crippen LogP contribution >= 0.6 is 11.6 Å². The third-order valence-electron chi connectivity index (χ3n) is 3.70. The van der Waals surface area contributed by atoms with Crippen LogP contribution in [0.15, 0.2) is 11.0 Å². The van der Waals surface area contributed by atoms with Crippen LogP contribution < -0.4 is 10.3 Å². The van der Waals surface area contributed by atoms with Crippen molar-refractivity contribution in [2.24, 2.45) is 5.92 Å². The number of carbonyl (C=O) groups excluding carboxylic acids is 1. The summed E-state index contributed by atoms with van der Waals surface area (Å²) in [4.78, 5) is 24.0. The van der Waals surface area contributed by atoms with E-state index in [0.717, 1.165) is 25.7 Å². The highest BCUT2D eigenvalue weighted by molar-refractivity contribution is 6.31. The third-order valence-corrected chi connectivity index (χ3v) is 4.04. The molecule has 1 aromatic rings. The van der Waals surface area contributed by atoms with E-state index in [4.69, 9.17) is 21.1 Å². The summed E-state index contributed by atoms with van der Waals surface area (Å²) in [6.07, 6.45) is 4.51. The SMILES string of the molecule is CCCCC(CC)COC(=O)Oc1cnn(C(C)(C)C)c(=O)c1Cl. The molecule has 0 N–H and O–H groups in total. The van der Waals surface area contributed by atoms with Crippen LogP contribution in [-0.4, -0.2) is 22.5 Å².